The third-order valence-corrected chi connectivity index (χ3v) is 6.30. The highest BCUT2D eigenvalue weighted by atomic mass is 35.5. The van der Waals surface area contributed by atoms with Crippen LogP contribution in [0, 0.1) is 5.92 Å². The van der Waals surface area contributed by atoms with Gasteiger partial charge in [0, 0.05) is 17.0 Å². The molecular weight excluding hydrogens is 415 g/mol. The zero-order valence-electron chi connectivity index (χ0n) is 14.7. The molecule has 0 bridgehead atoms. The summed E-state index contributed by atoms with van der Waals surface area (Å²) in [4.78, 5) is 14.4. The summed E-state index contributed by atoms with van der Waals surface area (Å²) in [6.07, 6.45) is 4.43. The maximum atomic E-state index is 12.0. The molecule has 3 rings (SSSR count). The number of ether oxygens (including phenoxy) is 1. The number of nitrogens with one attached hydrogen (secondary N) is 1. The molecule has 0 radical (unpaired) electrons. The minimum Gasteiger partial charge on any atom is -0.448 e. The lowest BCUT2D eigenvalue weighted by Gasteiger charge is -2.44. The molecule has 2 saturated heterocycles. The number of fused-ring (bicyclic) bond motifs is 1. The summed E-state index contributed by atoms with van der Waals surface area (Å²) < 4.78 is 35.7. The summed E-state index contributed by atoms with van der Waals surface area (Å²) in [6, 6.07) is 4.47. The SMILES string of the molecule is O=C(NS(=O)(=O)Oc1ccc(Cl)cc1Cl)OC[C@@H]1CCCN2CCCC[C@H]12. The van der Waals surface area contributed by atoms with Gasteiger partial charge in [-0.25, -0.2) is 4.79 Å². The third kappa shape index (κ3) is 5.63. The van der Waals surface area contributed by atoms with E-state index < -0.39 is 16.4 Å². The molecule has 0 unspecified atom stereocenters. The van der Waals surface area contributed by atoms with Crippen LogP contribution in [0.5, 0.6) is 5.75 Å². The Morgan fingerprint density at radius 1 is 1.19 bits per heavy atom. The lowest BCUT2D eigenvalue weighted by Crippen LogP contribution is -2.49. The molecule has 10 heteroatoms. The average Bonchev–Trinajstić information content (AvgIpc) is 2.62. The summed E-state index contributed by atoms with van der Waals surface area (Å²) in [6.45, 7) is 2.35. The Bertz CT molecular complexity index is 788. The first-order valence-electron chi connectivity index (χ1n) is 8.92. The van der Waals surface area contributed by atoms with Crippen molar-refractivity contribution in [3.63, 3.8) is 0 Å². The van der Waals surface area contributed by atoms with Crippen LogP contribution in [0.1, 0.15) is 32.1 Å². The number of carbonyl (C=O) groups is 1. The fourth-order valence-electron chi connectivity index (χ4n) is 3.77. The second-order valence-corrected chi connectivity index (χ2v) is 8.94. The number of benzene rings is 1. The molecule has 2 atom stereocenters. The molecule has 150 valence electrons. The van der Waals surface area contributed by atoms with E-state index in [1.807, 2.05) is 0 Å². The van der Waals surface area contributed by atoms with Gasteiger partial charge in [-0.15, -0.1) is 0 Å². The minimum atomic E-state index is -4.41. The van der Waals surface area contributed by atoms with E-state index in [1.165, 1.54) is 31.0 Å². The average molecular weight is 437 g/mol. The van der Waals surface area contributed by atoms with E-state index in [0.717, 1.165) is 32.4 Å². The summed E-state index contributed by atoms with van der Waals surface area (Å²) in [5.74, 6) is 0.0885. The maximum Gasteiger partial charge on any atom is 0.423 e. The van der Waals surface area contributed by atoms with Crippen molar-refractivity contribution in [2.45, 2.75) is 38.1 Å². The van der Waals surface area contributed by atoms with Gasteiger partial charge >= 0.3 is 16.4 Å². The van der Waals surface area contributed by atoms with Gasteiger partial charge in [0.15, 0.2) is 5.75 Å². The van der Waals surface area contributed by atoms with Crippen molar-refractivity contribution in [1.29, 1.82) is 0 Å². The molecule has 2 fully saturated rings. The Labute approximate surface area is 169 Å². The van der Waals surface area contributed by atoms with E-state index in [9.17, 15) is 13.2 Å². The lowest BCUT2D eigenvalue weighted by atomic mass is 9.84. The Kier molecular flexibility index (Phi) is 6.73. The molecule has 1 aromatic carbocycles. The molecule has 2 aliphatic rings. The maximum absolute atomic E-state index is 12.0. The summed E-state index contributed by atoms with van der Waals surface area (Å²) in [5.41, 5.74) is 0. The van der Waals surface area contributed by atoms with E-state index in [-0.39, 0.29) is 23.3 Å². The first kappa shape index (κ1) is 20.5. The highest BCUT2D eigenvalue weighted by Gasteiger charge is 2.34. The molecule has 2 heterocycles. The quantitative estimate of drug-likeness (QED) is 0.758. The summed E-state index contributed by atoms with van der Waals surface area (Å²) in [5, 5.41) is 0.349. The first-order chi connectivity index (χ1) is 12.8. The predicted molar refractivity (Wildman–Crippen MR) is 102 cm³/mol. The summed E-state index contributed by atoms with van der Waals surface area (Å²) >= 11 is 11.6. The van der Waals surface area contributed by atoms with Crippen LogP contribution in [-0.2, 0) is 15.0 Å². The van der Waals surface area contributed by atoms with Gasteiger partial charge in [0.2, 0.25) is 0 Å². The largest absolute Gasteiger partial charge is 0.448 e. The molecule has 2 aliphatic heterocycles. The lowest BCUT2D eigenvalue weighted by molar-refractivity contribution is 0.0244. The fraction of sp³-hybridized carbons (Fsp3) is 0.588. The number of halogens is 2. The number of amides is 1. The van der Waals surface area contributed by atoms with Crippen LogP contribution < -0.4 is 8.91 Å². The highest BCUT2D eigenvalue weighted by Crippen LogP contribution is 2.31. The smallest absolute Gasteiger partial charge is 0.423 e. The van der Waals surface area contributed by atoms with Crippen molar-refractivity contribution < 1.29 is 22.1 Å². The molecule has 0 saturated carbocycles. The predicted octanol–water partition coefficient (Wildman–Crippen LogP) is 3.61. The topological polar surface area (TPSA) is 84.9 Å². The molecule has 0 aromatic heterocycles. The van der Waals surface area contributed by atoms with Gasteiger partial charge in [0.25, 0.3) is 0 Å². The van der Waals surface area contributed by atoms with E-state index >= 15 is 0 Å². The highest BCUT2D eigenvalue weighted by molar-refractivity contribution is 7.85. The molecule has 0 aliphatic carbocycles. The normalized spacial score (nSPS) is 23.3. The van der Waals surface area contributed by atoms with Gasteiger partial charge in [-0.3, -0.25) is 4.90 Å². The van der Waals surface area contributed by atoms with E-state index in [4.69, 9.17) is 32.1 Å². The van der Waals surface area contributed by atoms with Crippen LogP contribution in [0.15, 0.2) is 18.2 Å². The number of hydrogen-bond acceptors (Lipinski definition) is 6. The van der Waals surface area contributed by atoms with E-state index in [1.54, 1.807) is 4.72 Å². The first-order valence-corrected chi connectivity index (χ1v) is 11.1. The fourth-order valence-corrected chi connectivity index (χ4v) is 4.95. The van der Waals surface area contributed by atoms with Crippen LogP contribution in [-0.4, -0.2) is 45.1 Å². The zero-order chi connectivity index (χ0) is 19.4. The second-order valence-electron chi connectivity index (χ2n) is 6.81. The monoisotopic (exact) mass is 436 g/mol. The van der Waals surface area contributed by atoms with Crippen LogP contribution in [0.25, 0.3) is 0 Å². The van der Waals surface area contributed by atoms with Gasteiger partial charge in [0.05, 0.1) is 11.6 Å². The van der Waals surface area contributed by atoms with Crippen molar-refractivity contribution in [3.05, 3.63) is 28.2 Å². The van der Waals surface area contributed by atoms with Gasteiger partial charge in [-0.2, -0.15) is 13.1 Å². The van der Waals surface area contributed by atoms with Crippen LogP contribution in [0.3, 0.4) is 0 Å². The number of rotatable bonds is 5. The van der Waals surface area contributed by atoms with Crippen molar-refractivity contribution in [1.82, 2.24) is 9.62 Å². The van der Waals surface area contributed by atoms with Crippen molar-refractivity contribution >= 4 is 39.6 Å². The molecule has 7 nitrogen and oxygen atoms in total. The van der Waals surface area contributed by atoms with Crippen LogP contribution >= 0.6 is 23.2 Å². The molecule has 1 aromatic rings. The molecule has 1 amide bonds. The van der Waals surface area contributed by atoms with E-state index in [2.05, 4.69) is 4.90 Å². The Morgan fingerprint density at radius 3 is 2.74 bits per heavy atom. The van der Waals surface area contributed by atoms with Crippen LogP contribution in [0.2, 0.25) is 10.0 Å². The van der Waals surface area contributed by atoms with Crippen LogP contribution in [0.4, 0.5) is 4.79 Å². The molecular formula is C17H22Cl2N2O5S. The molecule has 27 heavy (non-hydrogen) atoms. The second kappa shape index (κ2) is 8.86. The standard InChI is InChI=1S/C17H22Cl2N2O5S/c18-13-6-7-16(14(19)10-13)26-27(23,24)20-17(22)25-11-12-4-3-9-21-8-2-1-5-15(12)21/h6-7,10,12,15H,1-5,8-9,11H2,(H,20,22)/t12-,15+/m0/s1. The number of hydrogen-bond donors (Lipinski definition) is 1. The zero-order valence-corrected chi connectivity index (χ0v) is 17.0. The number of carbonyl (C=O) groups excluding carboxylic acids is 1. The van der Waals surface area contributed by atoms with Crippen molar-refractivity contribution in [3.8, 4) is 5.75 Å². The van der Waals surface area contributed by atoms with Gasteiger partial charge in [-0.1, -0.05) is 29.6 Å². The summed E-state index contributed by atoms with van der Waals surface area (Å²) in [7, 11) is -4.41. The minimum absolute atomic E-state index is 0.0147. The Hall–Kier alpha value is -1.22. The number of nitrogens with zero attached hydrogens (tertiary/aromatic N) is 1. The Balaban J connectivity index is 1.52. The molecule has 1 N–H and O–H groups in total. The third-order valence-electron chi connectivity index (χ3n) is 4.96. The Morgan fingerprint density at radius 2 is 1.96 bits per heavy atom. The van der Waals surface area contributed by atoms with Gasteiger partial charge < -0.3 is 8.92 Å². The number of piperidine rings is 2. The van der Waals surface area contributed by atoms with Gasteiger partial charge in [-0.05, 0) is 57.0 Å². The van der Waals surface area contributed by atoms with Crippen molar-refractivity contribution in [2.24, 2.45) is 5.92 Å². The van der Waals surface area contributed by atoms with E-state index in [0.29, 0.717) is 11.1 Å². The van der Waals surface area contributed by atoms with Crippen molar-refractivity contribution in [2.75, 3.05) is 19.7 Å². The molecule has 0 spiro atoms. The van der Waals surface area contributed by atoms with Gasteiger partial charge in [0.1, 0.15) is 0 Å².